The predicted octanol–water partition coefficient (Wildman–Crippen LogP) is 2.25. The fraction of sp³-hybridized carbons (Fsp3) is 0.520. The average Bonchev–Trinajstić information content (AvgIpc) is 3.19. The summed E-state index contributed by atoms with van der Waals surface area (Å²) in [6.07, 6.45) is 6.99. The number of ether oxygens (including phenoxy) is 1. The molecule has 0 aliphatic carbocycles. The lowest BCUT2D eigenvalue weighted by atomic mass is 10.2. The van der Waals surface area contributed by atoms with Gasteiger partial charge in [0.15, 0.2) is 6.29 Å². The van der Waals surface area contributed by atoms with E-state index < -0.39 is 0 Å². The number of hydrogen-bond acceptors (Lipinski definition) is 10. The third-order valence-electron chi connectivity index (χ3n) is 6.29. The average molecular weight is 481 g/mol. The lowest BCUT2D eigenvalue weighted by molar-refractivity contribution is 0.112. The van der Waals surface area contributed by atoms with Gasteiger partial charge < -0.3 is 25.7 Å². The Balaban J connectivity index is 1.47. The van der Waals surface area contributed by atoms with Crippen molar-refractivity contribution in [1.82, 2.24) is 25.6 Å². The van der Waals surface area contributed by atoms with Gasteiger partial charge in [-0.2, -0.15) is 10.1 Å². The number of aldehydes is 1. The number of hydrogen-bond donors (Lipinski definition) is 3. The summed E-state index contributed by atoms with van der Waals surface area (Å²) in [7, 11) is 1.71. The van der Waals surface area contributed by atoms with Crippen molar-refractivity contribution in [3.8, 4) is 5.75 Å². The Morgan fingerprint density at radius 1 is 1.06 bits per heavy atom. The molecule has 2 aliphatic rings. The predicted molar refractivity (Wildman–Crippen MR) is 139 cm³/mol. The Kier molecular flexibility index (Phi) is 9.24. The molecule has 1 aromatic heterocycles. The molecular formula is C25H36N8O2. The molecule has 0 spiro atoms. The largest absolute Gasteiger partial charge is 0.492 e. The smallest absolute Gasteiger partial charge is 0.227 e. The van der Waals surface area contributed by atoms with Gasteiger partial charge in [0.2, 0.25) is 5.95 Å². The number of benzene rings is 1. The summed E-state index contributed by atoms with van der Waals surface area (Å²) in [6.45, 7) is 7.57. The lowest BCUT2D eigenvalue weighted by Gasteiger charge is -2.26. The first kappa shape index (κ1) is 24.9. The van der Waals surface area contributed by atoms with Crippen LogP contribution in [0.5, 0.6) is 5.75 Å². The number of piperazine rings is 1. The summed E-state index contributed by atoms with van der Waals surface area (Å²) in [5.41, 5.74) is 4.41. The topological polar surface area (TPSA) is 107 Å². The molecule has 0 amide bonds. The van der Waals surface area contributed by atoms with Gasteiger partial charge in [0.25, 0.3) is 0 Å². The van der Waals surface area contributed by atoms with Crippen molar-refractivity contribution in [1.29, 1.82) is 0 Å². The summed E-state index contributed by atoms with van der Waals surface area (Å²) in [5, 5.41) is 10.8. The van der Waals surface area contributed by atoms with Crippen molar-refractivity contribution in [2.45, 2.75) is 25.7 Å². The van der Waals surface area contributed by atoms with Crippen LogP contribution in [0.4, 0.5) is 17.5 Å². The second kappa shape index (κ2) is 13.0. The number of hydrazone groups is 1. The van der Waals surface area contributed by atoms with Crippen molar-refractivity contribution in [3.63, 3.8) is 0 Å². The van der Waals surface area contributed by atoms with Gasteiger partial charge in [0, 0.05) is 58.5 Å². The Morgan fingerprint density at radius 2 is 1.80 bits per heavy atom. The first-order valence-electron chi connectivity index (χ1n) is 12.5. The molecule has 0 radical (unpaired) electrons. The molecule has 1 aromatic carbocycles. The maximum Gasteiger partial charge on any atom is 0.227 e. The molecule has 3 heterocycles. The molecule has 0 unspecified atom stereocenters. The van der Waals surface area contributed by atoms with Gasteiger partial charge in [0.1, 0.15) is 23.9 Å². The Labute approximate surface area is 207 Å². The first-order valence-corrected chi connectivity index (χ1v) is 12.5. The van der Waals surface area contributed by atoms with Crippen LogP contribution in [0.15, 0.2) is 29.4 Å². The molecule has 2 saturated heterocycles. The molecule has 188 valence electrons. The van der Waals surface area contributed by atoms with Crippen LogP contribution in [-0.4, -0.2) is 86.8 Å². The van der Waals surface area contributed by atoms with E-state index in [0.29, 0.717) is 29.6 Å². The molecule has 10 nitrogen and oxygen atoms in total. The van der Waals surface area contributed by atoms with Crippen LogP contribution in [0.25, 0.3) is 0 Å². The van der Waals surface area contributed by atoms with Gasteiger partial charge in [-0.1, -0.05) is 12.8 Å². The number of aromatic nitrogens is 2. The van der Waals surface area contributed by atoms with Crippen molar-refractivity contribution >= 4 is 30.0 Å². The summed E-state index contributed by atoms with van der Waals surface area (Å²) in [5.74, 6) is 1.90. The van der Waals surface area contributed by atoms with Crippen molar-refractivity contribution in [2.75, 3.05) is 69.7 Å². The summed E-state index contributed by atoms with van der Waals surface area (Å²) >= 11 is 0. The molecule has 0 bridgehead atoms. The third kappa shape index (κ3) is 7.12. The molecular weight excluding hydrogens is 444 g/mol. The van der Waals surface area contributed by atoms with E-state index in [9.17, 15) is 4.79 Å². The Bertz CT molecular complexity index is 968. The van der Waals surface area contributed by atoms with Crippen molar-refractivity contribution in [3.05, 3.63) is 35.5 Å². The number of anilines is 3. The highest BCUT2D eigenvalue weighted by Gasteiger charge is 2.19. The van der Waals surface area contributed by atoms with Gasteiger partial charge >= 0.3 is 0 Å². The van der Waals surface area contributed by atoms with Crippen molar-refractivity contribution in [2.24, 2.45) is 5.10 Å². The maximum atomic E-state index is 12.0. The molecule has 2 aromatic rings. The Morgan fingerprint density at radius 3 is 2.49 bits per heavy atom. The Hall–Kier alpha value is -3.24. The summed E-state index contributed by atoms with van der Waals surface area (Å²) < 4.78 is 5.93. The van der Waals surface area contributed by atoms with Crippen molar-refractivity contribution < 1.29 is 9.53 Å². The van der Waals surface area contributed by atoms with E-state index in [1.165, 1.54) is 12.8 Å². The monoisotopic (exact) mass is 480 g/mol. The van der Waals surface area contributed by atoms with E-state index in [2.05, 4.69) is 35.9 Å². The van der Waals surface area contributed by atoms with E-state index in [1.807, 2.05) is 24.3 Å². The lowest BCUT2D eigenvalue weighted by Crippen LogP contribution is -2.44. The molecule has 10 heteroatoms. The van der Waals surface area contributed by atoms with E-state index in [0.717, 1.165) is 76.4 Å². The molecule has 2 fully saturated rings. The highest BCUT2D eigenvalue weighted by Crippen LogP contribution is 2.25. The number of rotatable bonds is 10. The molecule has 35 heavy (non-hydrogen) atoms. The van der Waals surface area contributed by atoms with Crippen LogP contribution in [0.1, 0.15) is 41.7 Å². The number of carbonyl (C=O) groups is 1. The minimum atomic E-state index is 0.374. The second-order valence-electron chi connectivity index (χ2n) is 8.76. The van der Waals surface area contributed by atoms with E-state index in [1.54, 1.807) is 13.3 Å². The minimum Gasteiger partial charge on any atom is -0.492 e. The van der Waals surface area contributed by atoms with Crippen LogP contribution in [0.2, 0.25) is 0 Å². The van der Waals surface area contributed by atoms with E-state index >= 15 is 0 Å². The maximum absolute atomic E-state index is 12.0. The quantitative estimate of drug-likeness (QED) is 0.268. The van der Waals surface area contributed by atoms with Crippen LogP contribution >= 0.6 is 0 Å². The van der Waals surface area contributed by atoms with Gasteiger partial charge in [-0.3, -0.25) is 9.69 Å². The summed E-state index contributed by atoms with van der Waals surface area (Å²) in [6, 6.07) is 7.73. The van der Waals surface area contributed by atoms with E-state index in [-0.39, 0.29) is 0 Å². The standard InChI is InChI=1S/C25H36N8O2/c1-26-28-18-23-22(19-34)24(31-25(30-23)33-12-4-2-3-5-13-33)29-20-6-8-21(9-7-20)35-17-16-32-14-10-27-11-15-32/h6-9,18-19,26-27H,2-5,10-17H2,1H3,(H,29,30,31)/b28-18-. The zero-order valence-electron chi connectivity index (χ0n) is 20.5. The number of nitrogens with one attached hydrogen (secondary N) is 3. The molecule has 4 rings (SSSR count). The third-order valence-corrected chi connectivity index (χ3v) is 6.29. The van der Waals surface area contributed by atoms with Crippen LogP contribution in [-0.2, 0) is 0 Å². The fourth-order valence-electron chi connectivity index (χ4n) is 4.32. The van der Waals surface area contributed by atoms with Crippen LogP contribution in [0, 0.1) is 0 Å². The van der Waals surface area contributed by atoms with Gasteiger partial charge in [0.05, 0.1) is 11.8 Å². The number of carbonyl (C=O) groups excluding carboxylic acids is 1. The minimum absolute atomic E-state index is 0.374. The van der Waals surface area contributed by atoms with Gasteiger partial charge in [-0.25, -0.2) is 4.98 Å². The zero-order chi connectivity index (χ0) is 24.3. The number of nitrogens with zero attached hydrogens (tertiary/aromatic N) is 5. The summed E-state index contributed by atoms with van der Waals surface area (Å²) in [4.78, 5) is 26.0. The molecule has 0 atom stereocenters. The zero-order valence-corrected chi connectivity index (χ0v) is 20.5. The molecule has 2 aliphatic heterocycles. The fourth-order valence-corrected chi connectivity index (χ4v) is 4.32. The van der Waals surface area contributed by atoms with E-state index in [4.69, 9.17) is 9.72 Å². The first-order chi connectivity index (χ1) is 17.3. The molecule has 0 saturated carbocycles. The normalized spacial score (nSPS) is 17.2. The highest BCUT2D eigenvalue weighted by atomic mass is 16.5. The molecule has 3 N–H and O–H groups in total. The van der Waals surface area contributed by atoms with Crippen LogP contribution < -0.4 is 25.7 Å². The van der Waals surface area contributed by atoms with Crippen LogP contribution in [0.3, 0.4) is 0 Å². The highest BCUT2D eigenvalue weighted by molar-refractivity contribution is 5.96. The van der Waals surface area contributed by atoms with Gasteiger partial charge in [-0.15, -0.1) is 0 Å². The SMILES string of the molecule is CN/N=C\c1nc(N2CCCCCC2)nc(Nc2ccc(OCCN3CCNCC3)cc2)c1C=O. The second-order valence-corrected chi connectivity index (χ2v) is 8.76. The van der Waals surface area contributed by atoms with Gasteiger partial charge in [-0.05, 0) is 37.1 Å².